The topological polar surface area (TPSA) is 66.9 Å². The minimum atomic E-state index is -0.192. The van der Waals surface area contributed by atoms with Gasteiger partial charge in [0.2, 0.25) is 11.5 Å². The molecule has 0 radical (unpaired) electrons. The molecule has 0 saturated carbocycles. The van der Waals surface area contributed by atoms with Gasteiger partial charge in [0.05, 0.1) is 34.0 Å². The first-order chi connectivity index (χ1) is 15.6. The van der Waals surface area contributed by atoms with Crippen molar-refractivity contribution in [3.63, 3.8) is 0 Å². The number of hydrogen-bond acceptors (Lipinski definition) is 6. The number of ketones is 1. The van der Waals surface area contributed by atoms with Crippen LogP contribution in [0, 0.1) is 0 Å². The second kappa shape index (κ2) is 8.98. The third kappa shape index (κ3) is 3.83. The number of nitrogens with zero attached hydrogens (tertiary/aromatic N) is 1. The van der Waals surface area contributed by atoms with Crippen molar-refractivity contribution in [3.05, 3.63) is 78.0 Å². The molecule has 0 N–H and O–H groups in total. The fraction of sp³-hybridized carbons (Fsp3) is 0.154. The summed E-state index contributed by atoms with van der Waals surface area (Å²) in [5, 5.41) is 0.919. The normalized spacial score (nSPS) is 10.6. The zero-order valence-corrected chi connectivity index (χ0v) is 18.3. The molecule has 1 heterocycles. The molecule has 6 nitrogen and oxygen atoms in total. The number of para-hydroxylation sites is 1. The molecule has 4 aromatic rings. The maximum Gasteiger partial charge on any atom is 0.212 e. The third-order valence-corrected chi connectivity index (χ3v) is 5.27. The van der Waals surface area contributed by atoms with Gasteiger partial charge >= 0.3 is 0 Å². The number of benzene rings is 3. The van der Waals surface area contributed by atoms with E-state index in [9.17, 15) is 4.79 Å². The van der Waals surface area contributed by atoms with Gasteiger partial charge in [-0.05, 0) is 54.1 Å². The fourth-order valence-corrected chi connectivity index (χ4v) is 3.62. The summed E-state index contributed by atoms with van der Waals surface area (Å²) in [5.74, 6) is 1.96. The van der Waals surface area contributed by atoms with Crippen molar-refractivity contribution in [1.82, 2.24) is 4.98 Å². The van der Waals surface area contributed by atoms with Crippen molar-refractivity contribution in [1.29, 1.82) is 0 Å². The van der Waals surface area contributed by atoms with Gasteiger partial charge < -0.3 is 18.9 Å². The largest absolute Gasteiger partial charge is 0.497 e. The Morgan fingerprint density at radius 1 is 0.750 bits per heavy atom. The maximum absolute atomic E-state index is 13.5. The van der Waals surface area contributed by atoms with E-state index in [1.165, 1.54) is 0 Å². The highest BCUT2D eigenvalue weighted by Gasteiger charge is 2.21. The predicted octanol–water partition coefficient (Wildman–Crippen LogP) is 5.17. The Morgan fingerprint density at radius 3 is 2.00 bits per heavy atom. The van der Waals surface area contributed by atoms with E-state index in [0.717, 1.165) is 16.5 Å². The summed E-state index contributed by atoms with van der Waals surface area (Å²) < 4.78 is 21.7. The van der Waals surface area contributed by atoms with Gasteiger partial charge in [-0.1, -0.05) is 18.2 Å². The molecule has 0 unspecified atom stereocenters. The van der Waals surface area contributed by atoms with Crippen LogP contribution >= 0.6 is 0 Å². The predicted molar refractivity (Wildman–Crippen MR) is 123 cm³/mol. The molecule has 3 aromatic carbocycles. The zero-order valence-electron chi connectivity index (χ0n) is 18.3. The Bertz CT molecular complexity index is 1260. The number of aromatic nitrogens is 1. The number of carbonyl (C=O) groups excluding carboxylic acids is 1. The quantitative estimate of drug-likeness (QED) is 0.378. The molecule has 6 heteroatoms. The standard InChI is InChI=1S/C26H23NO5/c1-29-19-11-9-16(10-12-19)25(28)24-20(13-17-7-5-6-8-21(17)27-24)18-14-22(30-2)26(32-4)23(15-18)31-3/h5-15H,1-4H3. The molecule has 0 aliphatic carbocycles. The lowest BCUT2D eigenvalue weighted by Crippen LogP contribution is -2.07. The second-order valence-electron chi connectivity index (χ2n) is 7.05. The lowest BCUT2D eigenvalue weighted by Gasteiger charge is -2.16. The molecule has 0 bridgehead atoms. The maximum atomic E-state index is 13.5. The molecule has 1 aromatic heterocycles. The Kier molecular flexibility index (Phi) is 5.94. The van der Waals surface area contributed by atoms with E-state index in [0.29, 0.717) is 39.8 Å². The molecule has 0 fully saturated rings. The van der Waals surface area contributed by atoms with Crippen LogP contribution in [0.1, 0.15) is 16.1 Å². The van der Waals surface area contributed by atoms with E-state index in [4.69, 9.17) is 23.9 Å². The lowest BCUT2D eigenvalue weighted by molar-refractivity contribution is 0.103. The molecule has 0 aliphatic rings. The summed E-state index contributed by atoms with van der Waals surface area (Å²) in [4.78, 5) is 18.3. The Balaban J connectivity index is 1.95. The first kappa shape index (κ1) is 21.2. The Morgan fingerprint density at radius 2 is 1.41 bits per heavy atom. The fourth-order valence-electron chi connectivity index (χ4n) is 3.62. The van der Waals surface area contributed by atoms with Crippen molar-refractivity contribution in [2.45, 2.75) is 0 Å². The molecule has 0 atom stereocenters. The van der Waals surface area contributed by atoms with Gasteiger partial charge in [0.1, 0.15) is 11.4 Å². The number of ether oxygens (including phenoxy) is 4. The van der Waals surface area contributed by atoms with Crippen LogP contribution in [0.3, 0.4) is 0 Å². The van der Waals surface area contributed by atoms with Gasteiger partial charge in [0.15, 0.2) is 11.5 Å². The number of rotatable bonds is 7. The number of fused-ring (bicyclic) bond motifs is 1. The first-order valence-electron chi connectivity index (χ1n) is 9.98. The van der Waals surface area contributed by atoms with Crippen molar-refractivity contribution >= 4 is 16.7 Å². The summed E-state index contributed by atoms with van der Waals surface area (Å²) in [6, 6.07) is 20.3. The van der Waals surface area contributed by atoms with E-state index >= 15 is 0 Å². The summed E-state index contributed by atoms with van der Waals surface area (Å²) >= 11 is 0. The molecule has 0 saturated heterocycles. The Labute approximate surface area is 186 Å². The number of pyridine rings is 1. The highest BCUT2D eigenvalue weighted by Crippen LogP contribution is 2.42. The van der Waals surface area contributed by atoms with Gasteiger partial charge in [0, 0.05) is 16.5 Å². The van der Waals surface area contributed by atoms with Gasteiger partial charge in [-0.3, -0.25) is 4.79 Å². The van der Waals surface area contributed by atoms with E-state index in [1.54, 1.807) is 52.7 Å². The minimum absolute atomic E-state index is 0.192. The monoisotopic (exact) mass is 429 g/mol. The smallest absolute Gasteiger partial charge is 0.212 e. The van der Waals surface area contributed by atoms with Crippen molar-refractivity contribution in [2.75, 3.05) is 28.4 Å². The Hall–Kier alpha value is -4.06. The molecule has 32 heavy (non-hydrogen) atoms. The van der Waals surface area contributed by atoms with Crippen molar-refractivity contribution in [2.24, 2.45) is 0 Å². The third-order valence-electron chi connectivity index (χ3n) is 5.27. The van der Waals surface area contributed by atoms with Gasteiger partial charge in [-0.2, -0.15) is 0 Å². The molecule has 0 amide bonds. The highest BCUT2D eigenvalue weighted by atomic mass is 16.5. The van der Waals surface area contributed by atoms with Gasteiger partial charge in [-0.25, -0.2) is 4.98 Å². The summed E-state index contributed by atoms with van der Waals surface area (Å²) in [6.45, 7) is 0. The molecule has 4 rings (SSSR count). The van der Waals surface area contributed by atoms with Crippen molar-refractivity contribution < 1.29 is 23.7 Å². The van der Waals surface area contributed by atoms with Crippen LogP contribution in [0.25, 0.3) is 22.0 Å². The van der Waals surface area contributed by atoms with Gasteiger partial charge in [-0.15, -0.1) is 0 Å². The molecular formula is C26H23NO5. The van der Waals surface area contributed by atoms with Crippen LogP contribution in [0.5, 0.6) is 23.0 Å². The van der Waals surface area contributed by atoms with E-state index in [1.807, 2.05) is 42.5 Å². The first-order valence-corrected chi connectivity index (χ1v) is 9.98. The average Bonchev–Trinajstić information content (AvgIpc) is 2.86. The second-order valence-corrected chi connectivity index (χ2v) is 7.05. The molecular weight excluding hydrogens is 406 g/mol. The number of methoxy groups -OCH3 is 4. The van der Waals surface area contributed by atoms with Crippen LogP contribution in [0.15, 0.2) is 66.7 Å². The van der Waals surface area contributed by atoms with Crippen LogP contribution in [-0.2, 0) is 0 Å². The number of hydrogen-bond donors (Lipinski definition) is 0. The summed E-state index contributed by atoms with van der Waals surface area (Å²) in [6.07, 6.45) is 0. The molecule has 162 valence electrons. The number of carbonyl (C=O) groups is 1. The van der Waals surface area contributed by atoms with E-state index in [-0.39, 0.29) is 5.78 Å². The van der Waals surface area contributed by atoms with Crippen molar-refractivity contribution in [3.8, 4) is 34.1 Å². The van der Waals surface area contributed by atoms with Crippen LogP contribution in [0.2, 0.25) is 0 Å². The lowest BCUT2D eigenvalue weighted by atomic mass is 9.96. The van der Waals surface area contributed by atoms with Gasteiger partial charge in [0.25, 0.3) is 0 Å². The van der Waals surface area contributed by atoms with Crippen LogP contribution < -0.4 is 18.9 Å². The minimum Gasteiger partial charge on any atom is -0.497 e. The van der Waals surface area contributed by atoms with E-state index in [2.05, 4.69) is 0 Å². The van der Waals surface area contributed by atoms with E-state index < -0.39 is 0 Å². The highest BCUT2D eigenvalue weighted by molar-refractivity contribution is 6.13. The van der Waals surface area contributed by atoms with Crippen LogP contribution in [-0.4, -0.2) is 39.2 Å². The summed E-state index contributed by atoms with van der Waals surface area (Å²) in [7, 11) is 6.26. The van der Waals surface area contributed by atoms with Crippen LogP contribution in [0.4, 0.5) is 0 Å². The molecule has 0 spiro atoms. The average molecular weight is 429 g/mol. The summed E-state index contributed by atoms with van der Waals surface area (Å²) in [5.41, 5.74) is 2.99. The molecule has 0 aliphatic heterocycles. The SMILES string of the molecule is COc1ccc(C(=O)c2nc3ccccc3cc2-c2cc(OC)c(OC)c(OC)c2)cc1. The zero-order chi connectivity index (χ0) is 22.7.